The van der Waals surface area contributed by atoms with Crippen LogP contribution in [0.1, 0.15) is 6.92 Å². The smallest absolute Gasteiger partial charge is 0.240 e. The minimum atomic E-state index is -3.83. The lowest BCUT2D eigenvalue weighted by Gasteiger charge is -2.26. The van der Waals surface area contributed by atoms with Gasteiger partial charge in [0.1, 0.15) is 0 Å². The Hall–Kier alpha value is -1.53. The average Bonchev–Trinajstić information content (AvgIpc) is 2.55. The number of rotatable bonds is 7. The van der Waals surface area contributed by atoms with Crippen LogP contribution in [0.4, 0.5) is 5.69 Å². The molecule has 0 unspecified atom stereocenters. The molecule has 1 heterocycles. The van der Waals surface area contributed by atoms with Gasteiger partial charge < -0.3 is 10.1 Å². The molecule has 0 radical (unpaired) electrons. The van der Waals surface area contributed by atoms with Crippen molar-refractivity contribution in [3.8, 4) is 0 Å². The van der Waals surface area contributed by atoms with E-state index in [9.17, 15) is 21.6 Å². The Morgan fingerprint density at radius 2 is 1.72 bits per heavy atom. The number of hydrogen-bond acceptors (Lipinski definition) is 6. The Morgan fingerprint density at radius 1 is 1.12 bits per heavy atom. The summed E-state index contributed by atoms with van der Waals surface area (Å²) < 4.78 is 57.4. The number of nitrogens with one attached hydrogen (secondary N) is 2. The third-order valence-electron chi connectivity index (χ3n) is 3.50. The van der Waals surface area contributed by atoms with Gasteiger partial charge in [-0.15, -0.1) is 0 Å². The molecule has 2 rings (SSSR count). The highest BCUT2D eigenvalue weighted by molar-refractivity contribution is 7.90. The molecule has 1 aliphatic heterocycles. The molecular weight excluding hydrogens is 370 g/mol. The zero-order chi connectivity index (χ0) is 18.5. The number of hydrogen-bond donors (Lipinski definition) is 2. The van der Waals surface area contributed by atoms with Crippen molar-refractivity contribution in [1.29, 1.82) is 0 Å². The lowest BCUT2D eigenvalue weighted by molar-refractivity contribution is -0.114. The number of nitrogens with zero attached hydrogens (tertiary/aromatic N) is 1. The molecule has 0 atom stereocenters. The monoisotopic (exact) mass is 391 g/mol. The van der Waals surface area contributed by atoms with Crippen molar-refractivity contribution >= 4 is 31.6 Å². The Balaban J connectivity index is 1.93. The number of ether oxygens (including phenoxy) is 1. The average molecular weight is 391 g/mol. The van der Waals surface area contributed by atoms with Gasteiger partial charge in [-0.05, 0) is 24.3 Å². The molecule has 2 N–H and O–H groups in total. The molecule has 0 aromatic heterocycles. The second-order valence-electron chi connectivity index (χ2n) is 5.43. The zero-order valence-corrected chi connectivity index (χ0v) is 15.4. The SMILES string of the molecule is CC(=O)Nc1ccc(S(=O)(=O)NCCS(=O)(=O)N2CCOCC2)cc1. The van der Waals surface area contributed by atoms with Crippen molar-refractivity contribution in [2.45, 2.75) is 11.8 Å². The van der Waals surface area contributed by atoms with Crippen LogP contribution < -0.4 is 10.0 Å². The molecule has 1 fully saturated rings. The molecule has 0 spiro atoms. The van der Waals surface area contributed by atoms with E-state index in [0.717, 1.165) is 0 Å². The van der Waals surface area contributed by atoms with Gasteiger partial charge >= 0.3 is 0 Å². The van der Waals surface area contributed by atoms with Crippen molar-refractivity contribution in [2.75, 3.05) is 43.9 Å². The first-order valence-corrected chi connectivity index (χ1v) is 10.7. The molecule has 11 heteroatoms. The normalized spacial score (nSPS) is 16.5. The number of anilines is 1. The summed E-state index contributed by atoms with van der Waals surface area (Å²) in [7, 11) is -7.36. The molecule has 0 bridgehead atoms. The first-order valence-electron chi connectivity index (χ1n) is 7.64. The largest absolute Gasteiger partial charge is 0.379 e. The highest BCUT2D eigenvalue weighted by Gasteiger charge is 2.24. The van der Waals surface area contributed by atoms with Crippen LogP contribution >= 0.6 is 0 Å². The first kappa shape index (κ1) is 19.8. The van der Waals surface area contributed by atoms with Crippen molar-refractivity contribution in [3.05, 3.63) is 24.3 Å². The van der Waals surface area contributed by atoms with Crippen LogP contribution in [0.2, 0.25) is 0 Å². The van der Waals surface area contributed by atoms with Crippen molar-refractivity contribution in [1.82, 2.24) is 9.03 Å². The standard InChI is InChI=1S/C14H21N3O6S2/c1-12(18)16-13-2-4-14(5-3-13)25(21,22)15-6-11-24(19,20)17-7-9-23-10-8-17/h2-5,15H,6-11H2,1H3,(H,16,18). The van der Waals surface area contributed by atoms with E-state index in [1.807, 2.05) is 0 Å². The lowest BCUT2D eigenvalue weighted by atomic mass is 10.3. The second kappa shape index (κ2) is 8.23. The summed E-state index contributed by atoms with van der Waals surface area (Å²) in [6, 6.07) is 5.59. The number of sulfonamides is 2. The maximum Gasteiger partial charge on any atom is 0.240 e. The zero-order valence-electron chi connectivity index (χ0n) is 13.8. The van der Waals surface area contributed by atoms with Gasteiger partial charge in [-0.2, -0.15) is 4.31 Å². The van der Waals surface area contributed by atoms with Crippen LogP contribution in [0.3, 0.4) is 0 Å². The fraction of sp³-hybridized carbons (Fsp3) is 0.500. The summed E-state index contributed by atoms with van der Waals surface area (Å²) in [5.74, 6) is -0.585. The summed E-state index contributed by atoms with van der Waals surface area (Å²) in [5, 5.41) is 2.53. The number of morpholine rings is 1. The molecule has 1 aromatic rings. The Labute approximate surface area is 147 Å². The van der Waals surface area contributed by atoms with Crippen LogP contribution in [0.25, 0.3) is 0 Å². The highest BCUT2D eigenvalue weighted by Crippen LogP contribution is 2.14. The van der Waals surface area contributed by atoms with E-state index in [-0.39, 0.29) is 36.2 Å². The first-order chi connectivity index (χ1) is 11.7. The second-order valence-corrected chi connectivity index (χ2v) is 9.29. The minimum Gasteiger partial charge on any atom is -0.379 e. The van der Waals surface area contributed by atoms with E-state index >= 15 is 0 Å². The van der Waals surface area contributed by atoms with Crippen LogP contribution in [0, 0.1) is 0 Å². The molecule has 25 heavy (non-hydrogen) atoms. The van der Waals surface area contributed by atoms with E-state index in [2.05, 4.69) is 10.0 Å². The molecule has 1 amide bonds. The molecule has 0 saturated carbocycles. The maximum absolute atomic E-state index is 12.2. The van der Waals surface area contributed by atoms with E-state index in [1.165, 1.54) is 35.5 Å². The predicted octanol–water partition coefficient (Wildman–Crippen LogP) is -0.415. The molecule has 140 valence electrons. The molecule has 1 saturated heterocycles. The number of benzene rings is 1. The van der Waals surface area contributed by atoms with Gasteiger partial charge in [0.2, 0.25) is 26.0 Å². The third-order valence-corrected chi connectivity index (χ3v) is 6.85. The summed E-state index contributed by atoms with van der Waals surface area (Å²) >= 11 is 0. The van der Waals surface area contributed by atoms with E-state index in [1.54, 1.807) is 0 Å². The topological polar surface area (TPSA) is 122 Å². The number of carbonyl (C=O) groups excluding carboxylic acids is 1. The Bertz CT molecular complexity index is 799. The van der Waals surface area contributed by atoms with Gasteiger partial charge in [0.25, 0.3) is 0 Å². The molecule has 1 aromatic carbocycles. The quantitative estimate of drug-likeness (QED) is 0.651. The van der Waals surface area contributed by atoms with Crippen LogP contribution in [-0.4, -0.2) is 65.6 Å². The molecule has 0 aliphatic carbocycles. The lowest BCUT2D eigenvalue weighted by Crippen LogP contribution is -2.43. The van der Waals surface area contributed by atoms with E-state index in [0.29, 0.717) is 18.9 Å². The van der Waals surface area contributed by atoms with Crippen LogP contribution in [-0.2, 0) is 29.6 Å². The van der Waals surface area contributed by atoms with Gasteiger partial charge in [0.15, 0.2) is 0 Å². The van der Waals surface area contributed by atoms with Gasteiger partial charge in [-0.3, -0.25) is 4.79 Å². The van der Waals surface area contributed by atoms with E-state index < -0.39 is 20.0 Å². The highest BCUT2D eigenvalue weighted by atomic mass is 32.2. The summed E-state index contributed by atoms with van der Waals surface area (Å²) in [6.45, 7) is 2.35. The van der Waals surface area contributed by atoms with Crippen molar-refractivity contribution < 1.29 is 26.4 Å². The number of carbonyl (C=O) groups is 1. The van der Waals surface area contributed by atoms with Gasteiger partial charge in [-0.1, -0.05) is 0 Å². The van der Waals surface area contributed by atoms with Gasteiger partial charge in [-0.25, -0.2) is 21.6 Å². The van der Waals surface area contributed by atoms with Crippen LogP contribution in [0.5, 0.6) is 0 Å². The third kappa shape index (κ3) is 5.75. The predicted molar refractivity (Wildman–Crippen MR) is 92.1 cm³/mol. The fourth-order valence-electron chi connectivity index (χ4n) is 2.26. The van der Waals surface area contributed by atoms with Gasteiger partial charge in [0, 0.05) is 32.2 Å². The Kier molecular flexibility index (Phi) is 6.52. The van der Waals surface area contributed by atoms with Crippen LogP contribution in [0.15, 0.2) is 29.2 Å². The van der Waals surface area contributed by atoms with Gasteiger partial charge in [0.05, 0.1) is 23.9 Å². The summed E-state index contributed by atoms with van der Waals surface area (Å²) in [5.41, 5.74) is 0.473. The molecular formula is C14H21N3O6S2. The molecule has 9 nitrogen and oxygen atoms in total. The Morgan fingerprint density at radius 3 is 2.28 bits per heavy atom. The summed E-state index contributed by atoms with van der Waals surface area (Å²) in [6.07, 6.45) is 0. The van der Waals surface area contributed by atoms with Crippen molar-refractivity contribution in [2.24, 2.45) is 0 Å². The van der Waals surface area contributed by atoms with E-state index in [4.69, 9.17) is 4.74 Å². The fourth-order valence-corrected chi connectivity index (χ4v) is 4.75. The number of amides is 1. The minimum absolute atomic E-state index is 0.00891. The maximum atomic E-state index is 12.2. The molecule has 1 aliphatic rings. The van der Waals surface area contributed by atoms with Crippen molar-refractivity contribution in [3.63, 3.8) is 0 Å². The summed E-state index contributed by atoms with van der Waals surface area (Å²) in [4.78, 5) is 10.9.